The first-order valence-corrected chi connectivity index (χ1v) is 8.44. The topological polar surface area (TPSA) is 87.3 Å². The summed E-state index contributed by atoms with van der Waals surface area (Å²) in [5, 5.41) is 9.85. The molecule has 1 saturated heterocycles. The lowest BCUT2D eigenvalue weighted by Gasteiger charge is -2.14. The predicted molar refractivity (Wildman–Crippen MR) is 98.1 cm³/mol. The van der Waals surface area contributed by atoms with E-state index in [2.05, 4.69) is 15.5 Å². The van der Waals surface area contributed by atoms with Crippen molar-refractivity contribution in [2.45, 2.75) is 6.42 Å². The van der Waals surface area contributed by atoms with E-state index in [9.17, 15) is 14.0 Å². The number of ether oxygens (including phenoxy) is 1. The quantitative estimate of drug-likeness (QED) is 0.741. The molecule has 1 aliphatic rings. The van der Waals surface area contributed by atoms with E-state index in [-0.39, 0.29) is 36.0 Å². The molecule has 0 saturated carbocycles. The molecular weight excluding hydrogens is 351 g/mol. The highest BCUT2D eigenvalue weighted by atomic mass is 19.1. The van der Waals surface area contributed by atoms with E-state index >= 15 is 0 Å². The third kappa shape index (κ3) is 3.10. The molecule has 4 rings (SSSR count). The van der Waals surface area contributed by atoms with E-state index in [0.717, 1.165) is 0 Å². The molecule has 2 amide bonds. The summed E-state index contributed by atoms with van der Waals surface area (Å²) in [7, 11) is 1.54. The molecule has 2 N–H and O–H groups in total. The highest BCUT2D eigenvalue weighted by Crippen LogP contribution is 2.31. The van der Waals surface area contributed by atoms with Crippen LogP contribution in [0.3, 0.4) is 0 Å². The lowest BCUT2D eigenvalue weighted by molar-refractivity contribution is -0.122. The number of anilines is 2. The van der Waals surface area contributed by atoms with Crippen molar-refractivity contribution in [2.75, 3.05) is 23.9 Å². The number of carbonyl (C=O) groups excluding carboxylic acids is 2. The number of methoxy groups -OCH3 is 1. The second kappa shape index (κ2) is 6.71. The van der Waals surface area contributed by atoms with Gasteiger partial charge in [0.2, 0.25) is 11.8 Å². The van der Waals surface area contributed by atoms with Gasteiger partial charge < -0.3 is 10.1 Å². The van der Waals surface area contributed by atoms with Crippen molar-refractivity contribution in [1.82, 2.24) is 10.2 Å². The minimum atomic E-state index is -0.553. The molecule has 0 spiro atoms. The van der Waals surface area contributed by atoms with Gasteiger partial charge in [-0.2, -0.15) is 5.10 Å². The number of H-pyrrole nitrogens is 1. The standard InChI is InChI=1S/C19H17FN4O3/c1-27-13-5-2-4-12(9-13)21-19(26)11-8-16(25)24(10-11)18-17-14(20)6-3-7-15(17)22-23-18/h2-7,9,11H,8,10H2,1H3,(H,21,26)(H,22,23)/t11-/m0/s1. The van der Waals surface area contributed by atoms with Gasteiger partial charge in [0.1, 0.15) is 11.6 Å². The minimum Gasteiger partial charge on any atom is -0.497 e. The number of hydrogen-bond donors (Lipinski definition) is 2. The summed E-state index contributed by atoms with van der Waals surface area (Å²) in [6.45, 7) is 0.142. The average Bonchev–Trinajstić information content (AvgIpc) is 3.26. The van der Waals surface area contributed by atoms with Crippen LogP contribution in [0, 0.1) is 11.7 Å². The SMILES string of the molecule is COc1cccc(NC(=O)[C@H]2CC(=O)N(c3n[nH]c4cccc(F)c34)C2)c1. The molecule has 0 bridgehead atoms. The Bertz CT molecular complexity index is 1030. The fourth-order valence-corrected chi connectivity index (χ4v) is 3.24. The third-order valence-electron chi connectivity index (χ3n) is 4.61. The van der Waals surface area contributed by atoms with Crippen LogP contribution in [0.25, 0.3) is 10.9 Å². The first-order valence-electron chi connectivity index (χ1n) is 8.44. The van der Waals surface area contributed by atoms with Gasteiger partial charge in [-0.1, -0.05) is 12.1 Å². The van der Waals surface area contributed by atoms with Crippen LogP contribution in [0.1, 0.15) is 6.42 Å². The molecule has 0 radical (unpaired) electrons. The van der Waals surface area contributed by atoms with E-state index in [1.165, 1.54) is 11.0 Å². The predicted octanol–water partition coefficient (Wildman–Crippen LogP) is 2.70. The Balaban J connectivity index is 1.54. The molecule has 7 nitrogen and oxygen atoms in total. The van der Waals surface area contributed by atoms with Crippen LogP contribution in [0.4, 0.5) is 15.9 Å². The van der Waals surface area contributed by atoms with Crippen molar-refractivity contribution in [3.05, 3.63) is 48.3 Å². The average molecular weight is 368 g/mol. The lowest BCUT2D eigenvalue weighted by atomic mass is 10.1. The number of nitrogens with one attached hydrogen (secondary N) is 2. The Morgan fingerprint density at radius 1 is 1.33 bits per heavy atom. The number of carbonyl (C=O) groups is 2. The molecule has 1 atom stereocenters. The van der Waals surface area contributed by atoms with E-state index in [1.807, 2.05) is 0 Å². The smallest absolute Gasteiger partial charge is 0.229 e. The maximum Gasteiger partial charge on any atom is 0.229 e. The monoisotopic (exact) mass is 368 g/mol. The summed E-state index contributed by atoms with van der Waals surface area (Å²) in [4.78, 5) is 26.4. The first-order chi connectivity index (χ1) is 13.1. The van der Waals surface area contributed by atoms with Gasteiger partial charge in [-0.25, -0.2) is 4.39 Å². The summed E-state index contributed by atoms with van der Waals surface area (Å²) >= 11 is 0. The summed E-state index contributed by atoms with van der Waals surface area (Å²) < 4.78 is 19.3. The summed E-state index contributed by atoms with van der Waals surface area (Å²) in [6.07, 6.45) is 0.0403. The van der Waals surface area contributed by atoms with Gasteiger partial charge >= 0.3 is 0 Å². The number of nitrogens with zero attached hydrogens (tertiary/aromatic N) is 2. The van der Waals surface area contributed by atoms with Crippen LogP contribution in [-0.4, -0.2) is 35.7 Å². The molecule has 2 aromatic carbocycles. The van der Waals surface area contributed by atoms with Crippen LogP contribution < -0.4 is 15.0 Å². The van der Waals surface area contributed by atoms with Crippen LogP contribution in [0.15, 0.2) is 42.5 Å². The summed E-state index contributed by atoms with van der Waals surface area (Å²) in [5.74, 6) is -0.729. The van der Waals surface area contributed by atoms with E-state index in [1.54, 1.807) is 43.5 Å². The van der Waals surface area contributed by atoms with Crippen molar-refractivity contribution < 1.29 is 18.7 Å². The molecular formula is C19H17FN4O3. The molecule has 3 aromatic rings. The Labute approximate surface area is 154 Å². The van der Waals surface area contributed by atoms with Crippen molar-refractivity contribution in [1.29, 1.82) is 0 Å². The molecule has 2 heterocycles. The second-order valence-electron chi connectivity index (χ2n) is 6.34. The van der Waals surface area contributed by atoms with Crippen LogP contribution >= 0.6 is 0 Å². The third-order valence-corrected chi connectivity index (χ3v) is 4.61. The number of hydrogen-bond acceptors (Lipinski definition) is 4. The zero-order valence-corrected chi connectivity index (χ0v) is 14.5. The van der Waals surface area contributed by atoms with Crippen LogP contribution in [-0.2, 0) is 9.59 Å². The molecule has 1 aliphatic heterocycles. The lowest BCUT2D eigenvalue weighted by Crippen LogP contribution is -2.28. The Kier molecular flexibility index (Phi) is 4.23. The van der Waals surface area contributed by atoms with Gasteiger partial charge in [-0.3, -0.25) is 19.6 Å². The van der Waals surface area contributed by atoms with Gasteiger partial charge in [0, 0.05) is 24.7 Å². The van der Waals surface area contributed by atoms with Gasteiger partial charge in [-0.15, -0.1) is 0 Å². The van der Waals surface area contributed by atoms with Crippen LogP contribution in [0.5, 0.6) is 5.75 Å². The molecule has 138 valence electrons. The first kappa shape index (κ1) is 17.0. The number of aromatic nitrogens is 2. The minimum absolute atomic E-state index is 0.0403. The maximum atomic E-state index is 14.2. The number of aromatic amines is 1. The maximum absolute atomic E-state index is 14.2. The fraction of sp³-hybridized carbons (Fsp3) is 0.211. The fourth-order valence-electron chi connectivity index (χ4n) is 3.24. The second-order valence-corrected chi connectivity index (χ2v) is 6.34. The Morgan fingerprint density at radius 2 is 2.15 bits per heavy atom. The molecule has 1 aromatic heterocycles. The number of halogens is 1. The van der Waals surface area contributed by atoms with Gasteiger partial charge in [-0.05, 0) is 24.3 Å². The van der Waals surface area contributed by atoms with E-state index in [0.29, 0.717) is 17.0 Å². The molecule has 27 heavy (non-hydrogen) atoms. The number of rotatable bonds is 4. The largest absolute Gasteiger partial charge is 0.497 e. The number of fused-ring (bicyclic) bond motifs is 1. The summed E-state index contributed by atoms with van der Waals surface area (Å²) in [6, 6.07) is 11.5. The highest BCUT2D eigenvalue weighted by molar-refractivity contribution is 6.07. The van der Waals surface area contributed by atoms with Gasteiger partial charge in [0.15, 0.2) is 5.82 Å². The van der Waals surface area contributed by atoms with Crippen molar-refractivity contribution in [3.63, 3.8) is 0 Å². The van der Waals surface area contributed by atoms with Gasteiger partial charge in [0.25, 0.3) is 0 Å². The molecule has 1 fully saturated rings. The zero-order valence-electron chi connectivity index (χ0n) is 14.5. The number of amides is 2. The highest BCUT2D eigenvalue weighted by Gasteiger charge is 2.37. The zero-order chi connectivity index (χ0) is 19.0. The Hall–Kier alpha value is -3.42. The number of benzene rings is 2. The van der Waals surface area contributed by atoms with Crippen LogP contribution in [0.2, 0.25) is 0 Å². The van der Waals surface area contributed by atoms with Gasteiger partial charge in [0.05, 0.1) is 23.9 Å². The summed E-state index contributed by atoms with van der Waals surface area (Å²) in [5.41, 5.74) is 1.09. The van der Waals surface area contributed by atoms with Crippen molar-refractivity contribution in [2.24, 2.45) is 5.92 Å². The van der Waals surface area contributed by atoms with E-state index in [4.69, 9.17) is 4.74 Å². The van der Waals surface area contributed by atoms with E-state index < -0.39 is 11.7 Å². The van der Waals surface area contributed by atoms with Crippen molar-refractivity contribution >= 4 is 34.2 Å². The Morgan fingerprint density at radius 3 is 2.96 bits per heavy atom. The molecule has 8 heteroatoms. The molecule has 0 unspecified atom stereocenters. The normalized spacial score (nSPS) is 16.7. The van der Waals surface area contributed by atoms with Crippen molar-refractivity contribution in [3.8, 4) is 5.75 Å². The molecule has 0 aliphatic carbocycles.